The van der Waals surface area contributed by atoms with E-state index in [2.05, 4.69) is 15.0 Å². The number of carbonyl (C=O) groups excluding carboxylic acids is 1. The SMILES string of the molecule is Cc1cccc2nc(C(=O)N3CCC[C@H]3c3ccncn3)cn12. The van der Waals surface area contributed by atoms with Gasteiger partial charge in [0.2, 0.25) is 0 Å². The fraction of sp³-hybridized carbons (Fsp3) is 0.294. The molecule has 0 N–H and O–H groups in total. The van der Waals surface area contributed by atoms with Gasteiger partial charge in [-0.05, 0) is 38.0 Å². The van der Waals surface area contributed by atoms with Gasteiger partial charge in [-0.3, -0.25) is 4.79 Å². The van der Waals surface area contributed by atoms with Gasteiger partial charge in [0, 0.05) is 24.6 Å². The molecule has 4 heterocycles. The third-order valence-electron chi connectivity index (χ3n) is 4.37. The van der Waals surface area contributed by atoms with Crippen molar-refractivity contribution in [2.24, 2.45) is 0 Å². The molecule has 1 atom stereocenters. The smallest absolute Gasteiger partial charge is 0.274 e. The number of pyridine rings is 1. The molecule has 3 aromatic heterocycles. The number of aromatic nitrogens is 4. The first-order valence-corrected chi connectivity index (χ1v) is 7.75. The minimum Gasteiger partial charge on any atom is -0.329 e. The first-order valence-electron chi connectivity index (χ1n) is 7.75. The highest BCUT2D eigenvalue weighted by atomic mass is 16.2. The quantitative estimate of drug-likeness (QED) is 0.729. The highest BCUT2D eigenvalue weighted by Crippen LogP contribution is 2.31. The molecule has 1 aliphatic heterocycles. The molecule has 0 aromatic carbocycles. The van der Waals surface area contributed by atoms with Crippen LogP contribution < -0.4 is 0 Å². The van der Waals surface area contributed by atoms with Crippen LogP contribution in [0.1, 0.15) is 40.8 Å². The van der Waals surface area contributed by atoms with Gasteiger partial charge in [0.1, 0.15) is 17.7 Å². The molecule has 0 aliphatic carbocycles. The van der Waals surface area contributed by atoms with E-state index in [1.807, 2.05) is 46.7 Å². The van der Waals surface area contributed by atoms with E-state index in [1.54, 1.807) is 6.20 Å². The maximum Gasteiger partial charge on any atom is 0.274 e. The van der Waals surface area contributed by atoms with Gasteiger partial charge in [0.25, 0.3) is 5.91 Å². The van der Waals surface area contributed by atoms with Gasteiger partial charge in [0.15, 0.2) is 0 Å². The standard InChI is InChI=1S/C17H17N5O/c1-12-4-2-6-16-20-14(10-22(12)16)17(23)21-9-3-5-15(21)13-7-8-18-11-19-13/h2,4,6-8,10-11,15H,3,5,9H2,1H3/t15-/m0/s1. The average Bonchev–Trinajstić information content (AvgIpc) is 3.23. The number of nitrogens with zero attached hydrogens (tertiary/aromatic N) is 5. The molecule has 116 valence electrons. The summed E-state index contributed by atoms with van der Waals surface area (Å²) in [6.07, 6.45) is 6.98. The van der Waals surface area contributed by atoms with Gasteiger partial charge in [-0.1, -0.05) is 6.07 Å². The first-order chi connectivity index (χ1) is 11.2. The molecular formula is C17H17N5O. The topological polar surface area (TPSA) is 63.4 Å². The predicted molar refractivity (Wildman–Crippen MR) is 85.0 cm³/mol. The lowest BCUT2D eigenvalue weighted by atomic mass is 10.1. The maximum atomic E-state index is 12.9. The Morgan fingerprint density at radius 3 is 3.00 bits per heavy atom. The van der Waals surface area contributed by atoms with Crippen molar-refractivity contribution < 1.29 is 4.79 Å². The number of hydrogen-bond acceptors (Lipinski definition) is 4. The zero-order valence-corrected chi connectivity index (χ0v) is 12.9. The monoisotopic (exact) mass is 307 g/mol. The van der Waals surface area contributed by atoms with Crippen LogP contribution in [0.2, 0.25) is 0 Å². The van der Waals surface area contributed by atoms with Gasteiger partial charge in [-0.2, -0.15) is 0 Å². The van der Waals surface area contributed by atoms with Crippen LogP contribution in [0, 0.1) is 6.92 Å². The van der Waals surface area contributed by atoms with Crippen LogP contribution in [0.5, 0.6) is 0 Å². The van der Waals surface area contributed by atoms with E-state index in [4.69, 9.17) is 0 Å². The Bertz CT molecular complexity index is 858. The Balaban J connectivity index is 1.68. The fourth-order valence-corrected chi connectivity index (χ4v) is 3.21. The number of likely N-dealkylation sites (tertiary alicyclic amines) is 1. The molecule has 1 fully saturated rings. The van der Waals surface area contributed by atoms with Crippen LogP contribution in [0.25, 0.3) is 5.65 Å². The lowest BCUT2D eigenvalue weighted by molar-refractivity contribution is 0.0727. The molecule has 0 saturated carbocycles. The molecule has 1 saturated heterocycles. The summed E-state index contributed by atoms with van der Waals surface area (Å²) in [6, 6.07) is 7.75. The van der Waals surface area contributed by atoms with Crippen LogP contribution in [0.3, 0.4) is 0 Å². The molecule has 1 amide bonds. The summed E-state index contributed by atoms with van der Waals surface area (Å²) >= 11 is 0. The van der Waals surface area contributed by atoms with E-state index in [1.165, 1.54) is 6.33 Å². The Kier molecular flexibility index (Phi) is 3.29. The van der Waals surface area contributed by atoms with Crippen LogP contribution >= 0.6 is 0 Å². The van der Waals surface area contributed by atoms with Gasteiger partial charge >= 0.3 is 0 Å². The van der Waals surface area contributed by atoms with Crippen molar-refractivity contribution in [2.45, 2.75) is 25.8 Å². The van der Waals surface area contributed by atoms with Crippen molar-refractivity contribution in [3.05, 3.63) is 60.1 Å². The Labute approximate surface area is 133 Å². The summed E-state index contributed by atoms with van der Waals surface area (Å²) in [5, 5.41) is 0. The molecule has 23 heavy (non-hydrogen) atoms. The van der Waals surface area contributed by atoms with Crippen molar-refractivity contribution in [3.63, 3.8) is 0 Å². The lowest BCUT2D eigenvalue weighted by Gasteiger charge is -2.23. The van der Waals surface area contributed by atoms with Gasteiger partial charge < -0.3 is 9.30 Å². The number of carbonyl (C=O) groups is 1. The molecule has 6 nitrogen and oxygen atoms in total. The molecule has 0 radical (unpaired) electrons. The normalized spacial score (nSPS) is 17.8. The van der Waals surface area contributed by atoms with Crippen molar-refractivity contribution >= 4 is 11.6 Å². The van der Waals surface area contributed by atoms with E-state index in [0.29, 0.717) is 5.69 Å². The highest BCUT2D eigenvalue weighted by molar-refractivity contribution is 5.93. The Hall–Kier alpha value is -2.76. The number of hydrogen-bond donors (Lipinski definition) is 0. The van der Waals surface area contributed by atoms with Crippen LogP contribution in [0.15, 0.2) is 43.0 Å². The molecule has 0 spiro atoms. The first kappa shape index (κ1) is 13.9. The Morgan fingerprint density at radius 2 is 2.22 bits per heavy atom. The average molecular weight is 307 g/mol. The highest BCUT2D eigenvalue weighted by Gasteiger charge is 2.32. The second-order valence-corrected chi connectivity index (χ2v) is 5.81. The zero-order chi connectivity index (χ0) is 15.8. The van der Waals surface area contributed by atoms with Gasteiger partial charge in [0.05, 0.1) is 11.7 Å². The van der Waals surface area contributed by atoms with E-state index in [-0.39, 0.29) is 11.9 Å². The van der Waals surface area contributed by atoms with Gasteiger partial charge in [-0.15, -0.1) is 0 Å². The molecule has 0 bridgehead atoms. The predicted octanol–water partition coefficient (Wildman–Crippen LogP) is 2.41. The summed E-state index contributed by atoms with van der Waals surface area (Å²) in [4.78, 5) is 27.5. The van der Waals surface area contributed by atoms with Crippen LogP contribution in [-0.4, -0.2) is 36.7 Å². The summed E-state index contributed by atoms with van der Waals surface area (Å²) < 4.78 is 1.95. The third kappa shape index (κ3) is 2.36. The number of rotatable bonds is 2. The fourth-order valence-electron chi connectivity index (χ4n) is 3.21. The largest absolute Gasteiger partial charge is 0.329 e. The maximum absolute atomic E-state index is 12.9. The summed E-state index contributed by atoms with van der Waals surface area (Å²) in [5.41, 5.74) is 3.24. The van der Waals surface area contributed by atoms with E-state index >= 15 is 0 Å². The van der Waals surface area contributed by atoms with E-state index in [0.717, 1.165) is 36.4 Å². The summed E-state index contributed by atoms with van der Waals surface area (Å²) in [7, 11) is 0. The zero-order valence-electron chi connectivity index (χ0n) is 12.9. The van der Waals surface area contributed by atoms with Crippen molar-refractivity contribution in [2.75, 3.05) is 6.54 Å². The van der Waals surface area contributed by atoms with Crippen LogP contribution in [0.4, 0.5) is 0 Å². The molecular weight excluding hydrogens is 290 g/mol. The Morgan fingerprint density at radius 1 is 1.30 bits per heavy atom. The number of fused-ring (bicyclic) bond motifs is 1. The second kappa shape index (κ2) is 5.46. The summed E-state index contributed by atoms with van der Waals surface area (Å²) in [6.45, 7) is 2.74. The number of aryl methyl sites for hydroxylation is 1. The minimum atomic E-state index is -0.0331. The van der Waals surface area contributed by atoms with E-state index < -0.39 is 0 Å². The van der Waals surface area contributed by atoms with Crippen molar-refractivity contribution in [1.82, 2.24) is 24.3 Å². The molecule has 4 rings (SSSR count). The molecule has 1 aliphatic rings. The second-order valence-electron chi connectivity index (χ2n) is 5.81. The summed E-state index contributed by atoms with van der Waals surface area (Å²) in [5.74, 6) is -0.0331. The van der Waals surface area contributed by atoms with Crippen LogP contribution in [-0.2, 0) is 0 Å². The molecule has 3 aromatic rings. The molecule has 6 heteroatoms. The molecule has 0 unspecified atom stereocenters. The minimum absolute atomic E-state index is 0.0106. The van der Waals surface area contributed by atoms with Gasteiger partial charge in [-0.25, -0.2) is 15.0 Å². The van der Waals surface area contributed by atoms with Crippen molar-refractivity contribution in [1.29, 1.82) is 0 Å². The van der Waals surface area contributed by atoms with Crippen molar-refractivity contribution in [3.8, 4) is 0 Å². The third-order valence-corrected chi connectivity index (χ3v) is 4.37. The van der Waals surface area contributed by atoms with E-state index in [9.17, 15) is 4.79 Å². The number of imidazole rings is 1. The number of amides is 1. The lowest BCUT2D eigenvalue weighted by Crippen LogP contribution is -2.31.